The normalized spacial score (nSPS) is 26.0. The summed E-state index contributed by atoms with van der Waals surface area (Å²) in [6, 6.07) is 9.50. The number of hydrogen-bond donors (Lipinski definition) is 5. The van der Waals surface area contributed by atoms with Crippen LogP contribution < -0.4 is 5.73 Å². The summed E-state index contributed by atoms with van der Waals surface area (Å²) in [6.07, 6.45) is 0.201. The third-order valence-electron chi connectivity index (χ3n) is 8.00. The van der Waals surface area contributed by atoms with Crippen LogP contribution in [0.15, 0.2) is 53.3 Å². The first kappa shape index (κ1) is 26.2. The maximum absolute atomic E-state index is 13.9. The van der Waals surface area contributed by atoms with Gasteiger partial charge in [0.15, 0.2) is 11.4 Å². The number of nitrogens with zero attached hydrogens (tertiary/aromatic N) is 1. The van der Waals surface area contributed by atoms with Crippen LogP contribution in [0.1, 0.15) is 34.2 Å². The predicted octanol–water partition coefficient (Wildman–Crippen LogP) is 1.67. The number of benzene rings is 2. The maximum atomic E-state index is 13.9. The fraction of sp³-hybridized carbons (Fsp3) is 0.300. The first-order valence-corrected chi connectivity index (χ1v) is 12.5. The van der Waals surface area contributed by atoms with Gasteiger partial charge < -0.3 is 26.2 Å². The van der Waals surface area contributed by atoms with Crippen LogP contribution in [0.3, 0.4) is 0 Å². The highest BCUT2D eigenvalue weighted by Crippen LogP contribution is 2.52. The molecule has 0 unspecified atom stereocenters. The number of aromatic hydroxyl groups is 1. The minimum absolute atomic E-state index is 0.0157. The lowest BCUT2D eigenvalue weighted by Crippen LogP contribution is -2.65. The molecule has 5 rings (SSSR count). The number of ketones is 2. The monoisotopic (exact) mass is 528 g/mol. The zero-order valence-electron chi connectivity index (χ0n) is 21.6. The molecule has 3 aliphatic rings. The van der Waals surface area contributed by atoms with E-state index in [1.54, 1.807) is 20.2 Å². The molecule has 2 aromatic rings. The van der Waals surface area contributed by atoms with Crippen LogP contribution in [0.4, 0.5) is 0 Å². The van der Waals surface area contributed by atoms with Gasteiger partial charge in [-0.2, -0.15) is 0 Å². The topological polar surface area (TPSA) is 161 Å². The van der Waals surface area contributed by atoms with Gasteiger partial charge >= 0.3 is 0 Å². The quantitative estimate of drug-likeness (QED) is 0.291. The number of hydrogen-bond acceptors (Lipinski definition) is 8. The number of phenols is 1. The predicted molar refractivity (Wildman–Crippen MR) is 141 cm³/mol. The van der Waals surface area contributed by atoms with Gasteiger partial charge in [-0.3, -0.25) is 19.3 Å². The number of aryl methyl sites for hydroxylation is 1. The molecular weight excluding hydrogens is 500 g/mol. The summed E-state index contributed by atoms with van der Waals surface area (Å²) in [5.74, 6) is -0.639. The van der Waals surface area contributed by atoms with Crippen molar-refractivity contribution in [1.29, 1.82) is 0 Å². The van der Waals surface area contributed by atoms with E-state index in [1.165, 1.54) is 11.0 Å². The van der Waals surface area contributed by atoms with E-state index in [2.05, 4.69) is 11.8 Å². The second-order valence-corrected chi connectivity index (χ2v) is 10.6. The minimum Gasteiger partial charge on any atom is -0.508 e. The lowest BCUT2D eigenvalue weighted by atomic mass is 9.57. The van der Waals surface area contributed by atoms with Crippen molar-refractivity contribution < 1.29 is 34.8 Å². The Balaban J connectivity index is 1.68. The molecule has 2 aromatic carbocycles. The second-order valence-electron chi connectivity index (χ2n) is 10.6. The van der Waals surface area contributed by atoms with Crippen molar-refractivity contribution in [3.8, 4) is 17.6 Å². The Morgan fingerprint density at radius 1 is 1.05 bits per heavy atom. The molecular formula is C30H28N2O7. The summed E-state index contributed by atoms with van der Waals surface area (Å²) in [5, 5.41) is 44.5. The van der Waals surface area contributed by atoms with Crippen LogP contribution in [0.25, 0.3) is 5.76 Å². The molecule has 39 heavy (non-hydrogen) atoms. The van der Waals surface area contributed by atoms with Crippen molar-refractivity contribution in [3.05, 3.63) is 81.1 Å². The number of fused-ring (bicyclic) bond motifs is 3. The van der Waals surface area contributed by atoms with Crippen LogP contribution in [-0.4, -0.2) is 68.5 Å². The molecule has 0 bridgehead atoms. The van der Waals surface area contributed by atoms with Crippen molar-refractivity contribution in [2.75, 3.05) is 14.1 Å². The number of aliphatic hydroxyl groups is 3. The standard InChI is InChI=1S/C30H28N2O7/c1-14-4-6-15(7-5-14)8-9-16-10-11-20(33)22-18(16)12-17-13-19-24(32(2)3)26(35)23(29(31)38)28(37)30(19,39)27(36)21(17)25(22)34/h4-7,10-11,17,19,24,33-34,37,39H,12-13H2,1-3H3,(H2,31,38)/t17-,19+,24+,30-/m0/s1. The zero-order chi connectivity index (χ0) is 28.4. The van der Waals surface area contributed by atoms with E-state index in [0.717, 1.165) is 11.1 Å². The average molecular weight is 529 g/mol. The largest absolute Gasteiger partial charge is 0.508 e. The molecule has 0 aliphatic heterocycles. The SMILES string of the molecule is Cc1ccc(C#Cc2ccc(O)c3c2C[C@H]2C[C@@H]4[C@@H](N(C)C)C(=O)C(C(N)=O)=C(O)[C@@]4(O)C(=O)C2=C3O)cc1. The van der Waals surface area contributed by atoms with Gasteiger partial charge in [0.1, 0.15) is 22.8 Å². The van der Waals surface area contributed by atoms with Crippen LogP contribution in [-0.2, 0) is 20.8 Å². The first-order chi connectivity index (χ1) is 18.4. The molecule has 3 aliphatic carbocycles. The van der Waals surface area contributed by atoms with Gasteiger partial charge in [0.2, 0.25) is 5.78 Å². The number of rotatable bonds is 2. The molecule has 0 aromatic heterocycles. The summed E-state index contributed by atoms with van der Waals surface area (Å²) < 4.78 is 0. The highest BCUT2D eigenvalue weighted by Gasteiger charge is 2.64. The average Bonchev–Trinajstić information content (AvgIpc) is 2.86. The number of carbonyl (C=O) groups excluding carboxylic acids is 3. The summed E-state index contributed by atoms with van der Waals surface area (Å²) in [4.78, 5) is 40.6. The number of phenolic OH excluding ortho intramolecular Hbond substituents is 1. The molecule has 0 saturated heterocycles. The van der Waals surface area contributed by atoms with Crippen molar-refractivity contribution in [2.24, 2.45) is 17.6 Å². The smallest absolute Gasteiger partial charge is 0.255 e. The second kappa shape index (κ2) is 9.12. The van der Waals surface area contributed by atoms with Gasteiger partial charge in [0.25, 0.3) is 5.91 Å². The van der Waals surface area contributed by atoms with E-state index in [0.29, 0.717) is 11.1 Å². The van der Waals surface area contributed by atoms with Gasteiger partial charge in [0.05, 0.1) is 11.6 Å². The molecule has 0 radical (unpaired) electrons. The Bertz CT molecular complexity index is 1570. The molecule has 1 saturated carbocycles. The van der Waals surface area contributed by atoms with E-state index >= 15 is 0 Å². The number of aliphatic hydroxyl groups excluding tert-OH is 2. The van der Waals surface area contributed by atoms with E-state index in [-0.39, 0.29) is 29.7 Å². The molecule has 1 amide bonds. The Morgan fingerprint density at radius 3 is 2.33 bits per heavy atom. The molecule has 6 N–H and O–H groups in total. The molecule has 9 heteroatoms. The summed E-state index contributed by atoms with van der Waals surface area (Å²) in [6.45, 7) is 1.97. The molecule has 4 atom stereocenters. The summed E-state index contributed by atoms with van der Waals surface area (Å²) >= 11 is 0. The van der Waals surface area contributed by atoms with Crippen molar-refractivity contribution >= 4 is 23.2 Å². The number of amides is 1. The maximum Gasteiger partial charge on any atom is 0.255 e. The van der Waals surface area contributed by atoms with E-state index in [1.807, 2.05) is 31.2 Å². The third kappa shape index (κ3) is 3.83. The zero-order valence-corrected chi connectivity index (χ0v) is 21.6. The fourth-order valence-electron chi connectivity index (χ4n) is 6.14. The van der Waals surface area contributed by atoms with Crippen LogP contribution in [0, 0.1) is 30.6 Å². The van der Waals surface area contributed by atoms with E-state index in [9.17, 15) is 34.8 Å². The highest BCUT2D eigenvalue weighted by molar-refractivity contribution is 6.24. The Labute approximate surface area is 224 Å². The van der Waals surface area contributed by atoms with E-state index < -0.39 is 58.0 Å². The van der Waals surface area contributed by atoms with E-state index in [4.69, 9.17) is 5.73 Å². The lowest BCUT2D eigenvalue weighted by Gasteiger charge is -2.50. The van der Waals surface area contributed by atoms with Gasteiger partial charge in [-0.05, 0) is 69.6 Å². The van der Waals surface area contributed by atoms with Crippen LogP contribution in [0.5, 0.6) is 5.75 Å². The van der Waals surface area contributed by atoms with Crippen LogP contribution >= 0.6 is 0 Å². The number of Topliss-reactive ketones (excluding diaryl/α,β-unsaturated/α-hetero) is 2. The number of nitrogens with two attached hydrogens (primary N) is 1. The number of carbonyl (C=O) groups is 3. The van der Waals surface area contributed by atoms with Gasteiger partial charge in [0, 0.05) is 22.6 Å². The summed E-state index contributed by atoms with van der Waals surface area (Å²) in [5.41, 5.74) is 4.61. The summed E-state index contributed by atoms with van der Waals surface area (Å²) in [7, 11) is 3.12. The number of primary amides is 1. The molecule has 1 fully saturated rings. The van der Waals surface area contributed by atoms with Gasteiger partial charge in [-0.25, -0.2) is 0 Å². The molecule has 0 spiro atoms. The number of likely N-dealkylation sites (N-methyl/N-ethyl adjacent to an activating group) is 1. The first-order valence-electron chi connectivity index (χ1n) is 12.5. The van der Waals surface area contributed by atoms with Gasteiger partial charge in [-0.15, -0.1) is 0 Å². The minimum atomic E-state index is -2.66. The highest BCUT2D eigenvalue weighted by atomic mass is 16.3. The molecule has 0 heterocycles. The van der Waals surface area contributed by atoms with Crippen molar-refractivity contribution in [2.45, 2.75) is 31.4 Å². The Kier molecular flexibility index (Phi) is 6.13. The lowest BCUT2D eigenvalue weighted by molar-refractivity contribution is -0.153. The Hall–Kier alpha value is -4.39. The van der Waals surface area contributed by atoms with Crippen molar-refractivity contribution in [1.82, 2.24) is 4.90 Å². The third-order valence-corrected chi connectivity index (χ3v) is 8.00. The molecule has 200 valence electrons. The van der Waals surface area contributed by atoms with Crippen molar-refractivity contribution in [3.63, 3.8) is 0 Å². The van der Waals surface area contributed by atoms with Crippen LogP contribution in [0.2, 0.25) is 0 Å². The molecule has 9 nitrogen and oxygen atoms in total. The fourth-order valence-corrected chi connectivity index (χ4v) is 6.14. The Morgan fingerprint density at radius 2 is 1.72 bits per heavy atom. The van der Waals surface area contributed by atoms with Gasteiger partial charge in [-0.1, -0.05) is 29.5 Å².